The number of aryl methyl sites for hydroxylation is 1. The van der Waals surface area contributed by atoms with Crippen LogP contribution >= 0.6 is 11.3 Å². The van der Waals surface area contributed by atoms with Crippen LogP contribution in [0.5, 0.6) is 0 Å². The molecule has 0 fully saturated rings. The van der Waals surface area contributed by atoms with Gasteiger partial charge < -0.3 is 10.2 Å². The van der Waals surface area contributed by atoms with E-state index >= 15 is 0 Å². The summed E-state index contributed by atoms with van der Waals surface area (Å²) in [6.07, 6.45) is 0. The predicted molar refractivity (Wildman–Crippen MR) is 100 cm³/mol. The Morgan fingerprint density at radius 3 is 2.79 bits per heavy atom. The summed E-state index contributed by atoms with van der Waals surface area (Å²) in [4.78, 5) is 9.07. The van der Waals surface area contributed by atoms with Crippen molar-refractivity contribution >= 4 is 49.5 Å². The standard InChI is InChI=1S/C18H18N4OS/c1-9(2)11-4-5-14-13(8-11)20-17(23-14)22-18-21-16-12(19)6-10(3)7-15(16)24-18/h4-9H,19H2,1-3H3,(H,20,21,22). The summed E-state index contributed by atoms with van der Waals surface area (Å²) < 4.78 is 6.82. The van der Waals surface area contributed by atoms with E-state index in [1.165, 1.54) is 16.9 Å². The molecule has 2 aromatic carbocycles. The Hall–Kier alpha value is -2.60. The number of rotatable bonds is 3. The van der Waals surface area contributed by atoms with Gasteiger partial charge in [-0.3, -0.25) is 5.32 Å². The van der Waals surface area contributed by atoms with Crippen molar-refractivity contribution in [3.8, 4) is 0 Å². The van der Waals surface area contributed by atoms with E-state index in [0.717, 1.165) is 32.0 Å². The molecule has 0 aliphatic rings. The molecule has 0 bridgehead atoms. The van der Waals surface area contributed by atoms with Gasteiger partial charge in [-0.25, -0.2) is 4.98 Å². The molecular formula is C18H18N4OS. The number of aromatic nitrogens is 2. The minimum Gasteiger partial charge on any atom is -0.423 e. The maximum absolute atomic E-state index is 6.05. The van der Waals surface area contributed by atoms with Crippen molar-refractivity contribution in [2.24, 2.45) is 0 Å². The minimum absolute atomic E-state index is 0.445. The van der Waals surface area contributed by atoms with Gasteiger partial charge in [-0.2, -0.15) is 4.98 Å². The topological polar surface area (TPSA) is 77.0 Å². The molecule has 24 heavy (non-hydrogen) atoms. The average Bonchev–Trinajstić information content (AvgIpc) is 3.09. The quantitative estimate of drug-likeness (QED) is 0.502. The number of hydrogen-bond donors (Lipinski definition) is 2. The van der Waals surface area contributed by atoms with Gasteiger partial charge in [0, 0.05) is 0 Å². The van der Waals surface area contributed by atoms with E-state index in [2.05, 4.69) is 47.3 Å². The van der Waals surface area contributed by atoms with Gasteiger partial charge in [-0.15, -0.1) is 0 Å². The molecule has 0 radical (unpaired) electrons. The van der Waals surface area contributed by atoms with Crippen LogP contribution < -0.4 is 11.1 Å². The zero-order valence-corrected chi connectivity index (χ0v) is 14.6. The first-order valence-corrected chi connectivity index (χ1v) is 8.65. The van der Waals surface area contributed by atoms with Gasteiger partial charge in [0.1, 0.15) is 11.0 Å². The van der Waals surface area contributed by atoms with Crippen LogP contribution in [0.4, 0.5) is 16.8 Å². The molecule has 0 aliphatic heterocycles. The molecule has 0 atom stereocenters. The Labute approximate surface area is 143 Å². The monoisotopic (exact) mass is 338 g/mol. The molecule has 0 amide bonds. The van der Waals surface area contributed by atoms with E-state index < -0.39 is 0 Å². The van der Waals surface area contributed by atoms with Crippen LogP contribution in [0, 0.1) is 6.92 Å². The van der Waals surface area contributed by atoms with E-state index in [0.29, 0.717) is 17.6 Å². The van der Waals surface area contributed by atoms with Gasteiger partial charge in [-0.05, 0) is 48.2 Å². The minimum atomic E-state index is 0.445. The van der Waals surface area contributed by atoms with E-state index in [-0.39, 0.29) is 0 Å². The highest BCUT2D eigenvalue weighted by Crippen LogP contribution is 2.33. The van der Waals surface area contributed by atoms with E-state index in [9.17, 15) is 0 Å². The fraction of sp³-hybridized carbons (Fsp3) is 0.222. The van der Waals surface area contributed by atoms with E-state index in [4.69, 9.17) is 10.2 Å². The van der Waals surface area contributed by atoms with E-state index in [1.807, 2.05) is 19.1 Å². The maximum atomic E-state index is 6.05. The van der Waals surface area contributed by atoms with Crippen LogP contribution in [0.15, 0.2) is 34.7 Å². The predicted octanol–water partition coefficient (Wildman–Crippen LogP) is 5.20. The largest absolute Gasteiger partial charge is 0.423 e. The van der Waals surface area contributed by atoms with Gasteiger partial charge >= 0.3 is 6.01 Å². The van der Waals surface area contributed by atoms with Gasteiger partial charge in [-0.1, -0.05) is 31.3 Å². The second kappa shape index (κ2) is 5.49. The molecule has 2 aromatic heterocycles. The number of nitrogens with two attached hydrogens (primary N) is 1. The molecular weight excluding hydrogens is 320 g/mol. The number of fused-ring (bicyclic) bond motifs is 2. The first-order chi connectivity index (χ1) is 11.5. The van der Waals surface area contributed by atoms with Crippen LogP contribution in [0.3, 0.4) is 0 Å². The summed E-state index contributed by atoms with van der Waals surface area (Å²) in [7, 11) is 0. The normalized spacial score (nSPS) is 11.7. The molecule has 0 saturated carbocycles. The summed E-state index contributed by atoms with van der Waals surface area (Å²) in [6.45, 7) is 6.34. The molecule has 0 aliphatic carbocycles. The number of nitrogen functional groups attached to an aromatic ring is 1. The lowest BCUT2D eigenvalue weighted by Crippen LogP contribution is -1.90. The highest BCUT2D eigenvalue weighted by molar-refractivity contribution is 7.22. The lowest BCUT2D eigenvalue weighted by atomic mass is 10.0. The number of anilines is 3. The maximum Gasteiger partial charge on any atom is 0.302 e. The van der Waals surface area contributed by atoms with Crippen LogP contribution in [-0.4, -0.2) is 9.97 Å². The molecule has 4 rings (SSSR count). The summed E-state index contributed by atoms with van der Waals surface area (Å²) >= 11 is 1.54. The van der Waals surface area contributed by atoms with Crippen molar-refractivity contribution in [2.45, 2.75) is 26.7 Å². The van der Waals surface area contributed by atoms with Crippen molar-refractivity contribution in [3.05, 3.63) is 41.5 Å². The Balaban J connectivity index is 1.70. The fourth-order valence-electron chi connectivity index (χ4n) is 2.70. The number of nitrogens with zero attached hydrogens (tertiary/aromatic N) is 2. The Kier molecular flexibility index (Phi) is 3.42. The summed E-state index contributed by atoms with van der Waals surface area (Å²) in [5, 5.41) is 3.87. The van der Waals surface area contributed by atoms with Crippen molar-refractivity contribution in [1.29, 1.82) is 0 Å². The van der Waals surface area contributed by atoms with Crippen LogP contribution in [0.25, 0.3) is 21.3 Å². The van der Waals surface area contributed by atoms with Gasteiger partial charge in [0.2, 0.25) is 0 Å². The second-order valence-corrected chi connectivity index (χ2v) is 7.28. The summed E-state index contributed by atoms with van der Waals surface area (Å²) in [6, 6.07) is 10.6. The fourth-order valence-corrected chi connectivity index (χ4v) is 3.69. The van der Waals surface area contributed by atoms with Crippen LogP contribution in [-0.2, 0) is 0 Å². The van der Waals surface area contributed by atoms with Crippen LogP contribution in [0.2, 0.25) is 0 Å². The second-order valence-electron chi connectivity index (χ2n) is 6.25. The molecule has 0 unspecified atom stereocenters. The van der Waals surface area contributed by atoms with Crippen molar-refractivity contribution in [2.75, 3.05) is 11.1 Å². The van der Waals surface area contributed by atoms with Gasteiger partial charge in [0.15, 0.2) is 10.7 Å². The molecule has 2 heterocycles. The SMILES string of the molecule is Cc1cc(N)c2nc(Nc3nc4cc(C(C)C)ccc4o3)sc2c1. The number of oxazole rings is 1. The van der Waals surface area contributed by atoms with Gasteiger partial charge in [0.25, 0.3) is 0 Å². The Bertz CT molecular complexity index is 1050. The molecule has 6 heteroatoms. The first-order valence-electron chi connectivity index (χ1n) is 7.84. The third kappa shape index (κ3) is 2.59. The number of benzene rings is 2. The first kappa shape index (κ1) is 15.0. The molecule has 0 spiro atoms. The highest BCUT2D eigenvalue weighted by atomic mass is 32.1. The zero-order chi connectivity index (χ0) is 16.8. The number of hydrogen-bond acceptors (Lipinski definition) is 6. The average molecular weight is 338 g/mol. The van der Waals surface area contributed by atoms with Crippen LogP contribution in [0.1, 0.15) is 30.9 Å². The number of thiazole rings is 1. The zero-order valence-electron chi connectivity index (χ0n) is 13.8. The Morgan fingerprint density at radius 2 is 2.00 bits per heavy atom. The third-order valence-electron chi connectivity index (χ3n) is 3.96. The molecule has 4 aromatic rings. The number of nitrogens with one attached hydrogen (secondary N) is 1. The molecule has 5 nitrogen and oxygen atoms in total. The Morgan fingerprint density at radius 1 is 1.17 bits per heavy atom. The van der Waals surface area contributed by atoms with Gasteiger partial charge in [0.05, 0.1) is 10.4 Å². The summed E-state index contributed by atoms with van der Waals surface area (Å²) in [5.41, 5.74) is 11.5. The third-order valence-corrected chi connectivity index (χ3v) is 4.88. The van der Waals surface area contributed by atoms with E-state index in [1.54, 1.807) is 0 Å². The summed E-state index contributed by atoms with van der Waals surface area (Å²) in [5.74, 6) is 0.456. The molecule has 122 valence electrons. The molecule has 0 saturated heterocycles. The smallest absolute Gasteiger partial charge is 0.302 e. The lowest BCUT2D eigenvalue weighted by Gasteiger charge is -2.02. The highest BCUT2D eigenvalue weighted by Gasteiger charge is 2.12. The van der Waals surface area contributed by atoms with Crippen molar-refractivity contribution in [3.63, 3.8) is 0 Å². The molecule has 3 N–H and O–H groups in total. The van der Waals surface area contributed by atoms with Crippen molar-refractivity contribution < 1.29 is 4.42 Å². The van der Waals surface area contributed by atoms with Crippen molar-refractivity contribution in [1.82, 2.24) is 9.97 Å². The lowest BCUT2D eigenvalue weighted by molar-refractivity contribution is 0.623.